The minimum absolute atomic E-state index is 0.837. The van der Waals surface area contributed by atoms with Crippen LogP contribution in [0.25, 0.3) is 5.57 Å². The molecule has 0 aromatic heterocycles. The molecule has 0 radical (unpaired) electrons. The molecule has 0 atom stereocenters. The number of hydrogen-bond donors (Lipinski definition) is 0. The number of rotatable bonds is 1. The average molecular weight is 210 g/mol. The lowest BCUT2D eigenvalue weighted by Gasteiger charge is -2.24. The molecule has 0 fully saturated rings. The molecular formula is C15H14O. The molecule has 1 aliphatic heterocycles. The third-order valence-electron chi connectivity index (χ3n) is 2.57. The van der Waals surface area contributed by atoms with E-state index in [9.17, 15) is 0 Å². The highest BCUT2D eigenvalue weighted by molar-refractivity contribution is 5.86. The van der Waals surface area contributed by atoms with E-state index in [1.54, 1.807) is 6.08 Å². The maximum Gasteiger partial charge on any atom is 0.135 e. The summed E-state index contributed by atoms with van der Waals surface area (Å²) in [6, 6.07) is 7.91. The van der Waals surface area contributed by atoms with Crippen LogP contribution in [0.15, 0.2) is 67.0 Å². The Morgan fingerprint density at radius 2 is 2.00 bits per heavy atom. The predicted molar refractivity (Wildman–Crippen MR) is 68.1 cm³/mol. The third-order valence-corrected chi connectivity index (χ3v) is 2.57. The first-order valence-electron chi connectivity index (χ1n) is 5.24. The maximum absolute atomic E-state index is 5.80. The van der Waals surface area contributed by atoms with Crippen LogP contribution in [0.3, 0.4) is 0 Å². The molecule has 0 saturated heterocycles. The van der Waals surface area contributed by atoms with Gasteiger partial charge < -0.3 is 4.74 Å². The normalized spacial score (nSPS) is 19.4. The lowest BCUT2D eigenvalue weighted by molar-refractivity contribution is 0.430. The van der Waals surface area contributed by atoms with Gasteiger partial charge in [-0.1, -0.05) is 43.5 Å². The average Bonchev–Trinajstić information content (AvgIpc) is 2.33. The van der Waals surface area contributed by atoms with E-state index in [2.05, 4.69) is 13.2 Å². The Morgan fingerprint density at radius 1 is 1.25 bits per heavy atom. The van der Waals surface area contributed by atoms with E-state index < -0.39 is 0 Å². The molecule has 0 spiro atoms. The molecule has 1 nitrogen and oxygen atoms in total. The van der Waals surface area contributed by atoms with Crippen LogP contribution in [0.2, 0.25) is 0 Å². The highest BCUT2D eigenvalue weighted by Gasteiger charge is 2.21. The lowest BCUT2D eigenvalue weighted by Crippen LogP contribution is -2.08. The largest absolute Gasteiger partial charge is 0.456 e. The van der Waals surface area contributed by atoms with Gasteiger partial charge in [0.25, 0.3) is 0 Å². The molecule has 1 aromatic rings. The number of fused-ring (bicyclic) bond motifs is 1. The predicted octanol–water partition coefficient (Wildman–Crippen LogP) is 4.11. The summed E-state index contributed by atoms with van der Waals surface area (Å²) in [6.07, 6.45) is 5.62. The fourth-order valence-electron chi connectivity index (χ4n) is 1.79. The van der Waals surface area contributed by atoms with Crippen LogP contribution in [0.5, 0.6) is 5.75 Å². The second-order valence-electron chi connectivity index (χ2n) is 3.55. The molecule has 0 N–H and O–H groups in total. The van der Waals surface area contributed by atoms with Crippen LogP contribution in [0.1, 0.15) is 12.5 Å². The van der Waals surface area contributed by atoms with Gasteiger partial charge in [0.05, 0.1) is 0 Å². The topological polar surface area (TPSA) is 9.23 Å². The zero-order valence-corrected chi connectivity index (χ0v) is 9.36. The first kappa shape index (κ1) is 10.5. The van der Waals surface area contributed by atoms with Gasteiger partial charge in [-0.05, 0) is 24.6 Å². The third kappa shape index (κ3) is 1.61. The highest BCUT2D eigenvalue weighted by atomic mass is 16.5. The molecule has 16 heavy (non-hydrogen) atoms. The summed E-state index contributed by atoms with van der Waals surface area (Å²) in [5.74, 6) is 1.70. The van der Waals surface area contributed by atoms with Crippen molar-refractivity contribution < 1.29 is 4.74 Å². The first-order valence-corrected chi connectivity index (χ1v) is 5.24. The fraction of sp³-hybridized carbons (Fsp3) is 0.0667. The Labute approximate surface area is 96.1 Å². The quantitative estimate of drug-likeness (QED) is 0.677. The molecule has 2 rings (SSSR count). The molecule has 80 valence electrons. The summed E-state index contributed by atoms with van der Waals surface area (Å²) in [4.78, 5) is 0. The van der Waals surface area contributed by atoms with E-state index >= 15 is 0 Å². The summed E-state index contributed by atoms with van der Waals surface area (Å²) >= 11 is 0. The highest BCUT2D eigenvalue weighted by Crippen LogP contribution is 2.39. The molecule has 1 aromatic carbocycles. The van der Waals surface area contributed by atoms with Gasteiger partial charge in [0.2, 0.25) is 0 Å². The number of hydrogen-bond acceptors (Lipinski definition) is 1. The lowest BCUT2D eigenvalue weighted by atomic mass is 9.94. The number of allylic oxidation sites excluding steroid dienone is 4. The number of benzene rings is 1. The van der Waals surface area contributed by atoms with Gasteiger partial charge in [-0.25, -0.2) is 0 Å². The molecule has 1 aliphatic rings. The van der Waals surface area contributed by atoms with Crippen molar-refractivity contribution in [3.05, 3.63) is 72.5 Å². The van der Waals surface area contributed by atoms with Crippen LogP contribution in [-0.2, 0) is 0 Å². The van der Waals surface area contributed by atoms with E-state index in [1.165, 1.54) is 0 Å². The van der Waals surface area contributed by atoms with E-state index in [0.29, 0.717) is 0 Å². The summed E-state index contributed by atoms with van der Waals surface area (Å²) < 4.78 is 5.80. The van der Waals surface area contributed by atoms with Crippen molar-refractivity contribution in [3.8, 4) is 5.75 Å². The molecule has 1 heteroatoms. The van der Waals surface area contributed by atoms with E-state index in [-0.39, 0.29) is 0 Å². The summed E-state index contributed by atoms with van der Waals surface area (Å²) in [5.41, 5.74) is 3.02. The van der Waals surface area contributed by atoms with Crippen molar-refractivity contribution in [2.75, 3.05) is 0 Å². The minimum atomic E-state index is 0.837. The Morgan fingerprint density at radius 3 is 2.69 bits per heavy atom. The second-order valence-corrected chi connectivity index (χ2v) is 3.55. The molecule has 0 saturated carbocycles. The molecule has 0 aliphatic carbocycles. The van der Waals surface area contributed by atoms with Crippen LogP contribution in [0.4, 0.5) is 0 Å². The van der Waals surface area contributed by atoms with E-state index in [1.807, 2.05) is 43.3 Å². The fourth-order valence-corrected chi connectivity index (χ4v) is 1.79. The van der Waals surface area contributed by atoms with Gasteiger partial charge >= 0.3 is 0 Å². The van der Waals surface area contributed by atoms with Crippen molar-refractivity contribution in [2.24, 2.45) is 0 Å². The van der Waals surface area contributed by atoms with Crippen LogP contribution in [-0.4, -0.2) is 0 Å². The molecular weight excluding hydrogens is 196 g/mol. The van der Waals surface area contributed by atoms with Crippen molar-refractivity contribution in [1.29, 1.82) is 0 Å². The van der Waals surface area contributed by atoms with Gasteiger partial charge in [0.1, 0.15) is 11.5 Å². The van der Waals surface area contributed by atoms with Crippen LogP contribution >= 0.6 is 0 Å². The van der Waals surface area contributed by atoms with Crippen LogP contribution in [0, 0.1) is 0 Å². The van der Waals surface area contributed by atoms with Gasteiger partial charge in [0.15, 0.2) is 0 Å². The van der Waals surface area contributed by atoms with Gasteiger partial charge in [-0.3, -0.25) is 0 Å². The van der Waals surface area contributed by atoms with Crippen molar-refractivity contribution in [3.63, 3.8) is 0 Å². The van der Waals surface area contributed by atoms with Crippen LogP contribution < -0.4 is 4.74 Å². The number of ether oxygens (including phenoxy) is 1. The van der Waals surface area contributed by atoms with Crippen molar-refractivity contribution in [2.45, 2.75) is 6.92 Å². The summed E-state index contributed by atoms with van der Waals surface area (Å²) in [5, 5.41) is 0. The Balaban J connectivity index is 2.60. The van der Waals surface area contributed by atoms with Gasteiger partial charge in [0, 0.05) is 11.1 Å². The Hall–Kier alpha value is -2.02. The number of para-hydroxylation sites is 1. The SMILES string of the molecule is C=C/C=C1/C(=C)c2ccccc2O/C1=C/C. The Bertz CT molecular complexity index is 504. The standard InChI is InChI=1S/C15H14O/c1-4-8-12-11(3)13-9-6-7-10-15(13)16-14(12)5-2/h4-10H,1,3H2,2H3/b12-8-,14-5+. The molecule has 1 heterocycles. The van der Waals surface area contributed by atoms with Gasteiger partial charge in [-0.2, -0.15) is 0 Å². The summed E-state index contributed by atoms with van der Waals surface area (Å²) in [7, 11) is 0. The van der Waals surface area contributed by atoms with E-state index in [4.69, 9.17) is 4.74 Å². The maximum atomic E-state index is 5.80. The Kier molecular flexibility index (Phi) is 2.78. The molecule has 0 bridgehead atoms. The molecule has 0 amide bonds. The summed E-state index contributed by atoms with van der Waals surface area (Å²) in [6.45, 7) is 9.78. The first-order chi connectivity index (χ1) is 7.77. The smallest absolute Gasteiger partial charge is 0.135 e. The zero-order valence-electron chi connectivity index (χ0n) is 9.36. The monoisotopic (exact) mass is 210 g/mol. The van der Waals surface area contributed by atoms with Crippen molar-refractivity contribution in [1.82, 2.24) is 0 Å². The zero-order chi connectivity index (χ0) is 11.5. The molecule has 0 unspecified atom stereocenters. The van der Waals surface area contributed by atoms with Gasteiger partial charge in [-0.15, -0.1) is 0 Å². The second kappa shape index (κ2) is 4.23. The van der Waals surface area contributed by atoms with Crippen molar-refractivity contribution >= 4 is 5.57 Å². The minimum Gasteiger partial charge on any atom is -0.456 e. The van der Waals surface area contributed by atoms with E-state index in [0.717, 1.165) is 28.2 Å².